The van der Waals surface area contributed by atoms with E-state index in [2.05, 4.69) is 6.92 Å². The average molecular weight is 255 g/mol. The van der Waals surface area contributed by atoms with Gasteiger partial charge in [0.15, 0.2) is 0 Å². The van der Waals surface area contributed by atoms with E-state index in [9.17, 15) is 9.90 Å². The Morgan fingerprint density at radius 3 is 2.22 bits per heavy atom. The molecule has 0 N–H and O–H groups in total. The van der Waals surface area contributed by atoms with E-state index in [0.29, 0.717) is 6.42 Å². The summed E-state index contributed by atoms with van der Waals surface area (Å²) in [4.78, 5) is 10.9. The lowest BCUT2D eigenvalue weighted by Crippen LogP contribution is -2.32. The van der Waals surface area contributed by atoms with Crippen LogP contribution in [0.3, 0.4) is 0 Å². The van der Waals surface area contributed by atoms with Crippen LogP contribution in [-0.2, 0) is 9.53 Å². The highest BCUT2D eigenvalue weighted by Crippen LogP contribution is 2.23. The fraction of sp³-hybridized carbons (Fsp3) is 0.933. The van der Waals surface area contributed by atoms with Crippen LogP contribution in [0, 0.1) is 5.92 Å². The van der Waals surface area contributed by atoms with E-state index in [4.69, 9.17) is 4.74 Å². The number of aliphatic carboxylic acids is 1. The van der Waals surface area contributed by atoms with Crippen molar-refractivity contribution in [1.29, 1.82) is 0 Å². The van der Waals surface area contributed by atoms with Gasteiger partial charge in [0.05, 0.1) is 12.7 Å². The Morgan fingerprint density at radius 1 is 1.17 bits per heavy atom. The number of rotatable bonds is 12. The van der Waals surface area contributed by atoms with Crippen LogP contribution in [0.15, 0.2) is 0 Å². The minimum Gasteiger partial charge on any atom is -0.550 e. The number of carbonyl (C=O) groups excluding carboxylic acids is 1. The van der Waals surface area contributed by atoms with E-state index in [1.54, 1.807) is 0 Å². The van der Waals surface area contributed by atoms with E-state index in [-0.39, 0.29) is 12.0 Å². The summed E-state index contributed by atoms with van der Waals surface area (Å²) < 4.78 is 5.08. The van der Waals surface area contributed by atoms with Gasteiger partial charge in [-0.3, -0.25) is 0 Å². The standard InChI is InChI=1S/C15H28O3/c1-2-3-4-5-6-7-8-9-10-13(15(16)17)11-14-12-18-14/h13-14H,2-12H2,1H3,(H,16,17)/p-1. The average Bonchev–Trinajstić information content (AvgIpc) is 3.14. The van der Waals surface area contributed by atoms with Gasteiger partial charge in [-0.25, -0.2) is 0 Å². The molecule has 1 rings (SSSR count). The number of epoxide rings is 1. The third kappa shape index (κ3) is 7.70. The Kier molecular flexibility index (Phi) is 8.06. The van der Waals surface area contributed by atoms with Crippen molar-refractivity contribution in [1.82, 2.24) is 0 Å². The molecule has 0 aromatic heterocycles. The van der Waals surface area contributed by atoms with Gasteiger partial charge in [0.2, 0.25) is 0 Å². The van der Waals surface area contributed by atoms with Crippen LogP contribution in [0.25, 0.3) is 0 Å². The van der Waals surface area contributed by atoms with Gasteiger partial charge in [0.1, 0.15) is 0 Å². The first-order chi connectivity index (χ1) is 8.74. The minimum absolute atomic E-state index is 0.196. The topological polar surface area (TPSA) is 52.7 Å². The summed E-state index contributed by atoms with van der Waals surface area (Å²) in [5.74, 6) is -1.19. The maximum atomic E-state index is 10.9. The Labute approximate surface area is 111 Å². The Balaban J connectivity index is 1.92. The van der Waals surface area contributed by atoms with Crippen molar-refractivity contribution >= 4 is 5.97 Å². The largest absolute Gasteiger partial charge is 0.550 e. The van der Waals surface area contributed by atoms with Crippen molar-refractivity contribution in [3.63, 3.8) is 0 Å². The second-order valence-corrected chi connectivity index (χ2v) is 5.47. The fourth-order valence-electron chi connectivity index (χ4n) is 2.38. The number of carboxylic acid groups (broad SMARTS) is 1. The molecule has 1 saturated heterocycles. The molecule has 0 amide bonds. The minimum atomic E-state index is -0.895. The molecular weight excluding hydrogens is 228 g/mol. The molecule has 0 aromatic carbocycles. The maximum Gasteiger partial charge on any atom is 0.0816 e. The normalized spacial score (nSPS) is 19.7. The molecule has 3 nitrogen and oxygen atoms in total. The number of hydrogen-bond donors (Lipinski definition) is 0. The summed E-state index contributed by atoms with van der Waals surface area (Å²) in [5, 5.41) is 10.9. The summed E-state index contributed by atoms with van der Waals surface area (Å²) in [5.41, 5.74) is 0. The molecule has 1 aliphatic heterocycles. The van der Waals surface area contributed by atoms with E-state index < -0.39 is 5.97 Å². The van der Waals surface area contributed by atoms with Crippen molar-refractivity contribution < 1.29 is 14.6 Å². The molecule has 0 aromatic rings. The lowest BCUT2D eigenvalue weighted by Gasteiger charge is -2.16. The summed E-state index contributed by atoms with van der Waals surface area (Å²) in [6, 6.07) is 0. The van der Waals surface area contributed by atoms with Crippen LogP contribution in [0.5, 0.6) is 0 Å². The number of carboxylic acids is 1. The van der Waals surface area contributed by atoms with E-state index >= 15 is 0 Å². The van der Waals surface area contributed by atoms with Crippen LogP contribution in [0.4, 0.5) is 0 Å². The first-order valence-electron chi connectivity index (χ1n) is 7.56. The molecule has 3 heteroatoms. The van der Waals surface area contributed by atoms with Gasteiger partial charge in [-0.05, 0) is 12.8 Å². The first-order valence-corrected chi connectivity index (χ1v) is 7.56. The van der Waals surface area contributed by atoms with Crippen LogP contribution in [0.1, 0.15) is 71.1 Å². The molecule has 0 aliphatic carbocycles. The summed E-state index contributed by atoms with van der Waals surface area (Å²) in [6.45, 7) is 2.96. The first kappa shape index (κ1) is 15.5. The van der Waals surface area contributed by atoms with Crippen LogP contribution >= 0.6 is 0 Å². The highest BCUT2D eigenvalue weighted by atomic mass is 16.6. The van der Waals surface area contributed by atoms with Gasteiger partial charge in [0.25, 0.3) is 0 Å². The molecule has 0 spiro atoms. The van der Waals surface area contributed by atoms with Crippen LogP contribution < -0.4 is 5.11 Å². The molecule has 1 aliphatic rings. The van der Waals surface area contributed by atoms with Gasteiger partial charge in [-0.1, -0.05) is 58.3 Å². The van der Waals surface area contributed by atoms with Crippen molar-refractivity contribution in [2.24, 2.45) is 5.92 Å². The van der Waals surface area contributed by atoms with Crippen LogP contribution in [0.2, 0.25) is 0 Å². The molecule has 1 heterocycles. The summed E-state index contributed by atoms with van der Waals surface area (Å²) >= 11 is 0. The molecule has 106 valence electrons. The molecule has 0 bridgehead atoms. The highest BCUT2D eigenvalue weighted by molar-refractivity contribution is 5.67. The lowest BCUT2D eigenvalue weighted by atomic mass is 9.96. The smallest absolute Gasteiger partial charge is 0.0816 e. The molecule has 2 unspecified atom stereocenters. The Bertz CT molecular complexity index is 224. The second kappa shape index (κ2) is 9.37. The zero-order valence-electron chi connectivity index (χ0n) is 11.7. The second-order valence-electron chi connectivity index (χ2n) is 5.47. The van der Waals surface area contributed by atoms with Crippen molar-refractivity contribution in [2.75, 3.05) is 6.61 Å². The molecule has 1 fully saturated rings. The fourth-order valence-corrected chi connectivity index (χ4v) is 2.38. The SMILES string of the molecule is CCCCCCCCCCC(CC1CO1)C(=O)[O-]. The third-order valence-electron chi connectivity index (χ3n) is 3.69. The van der Waals surface area contributed by atoms with E-state index in [1.807, 2.05) is 0 Å². The lowest BCUT2D eigenvalue weighted by molar-refractivity contribution is -0.312. The molecule has 0 radical (unpaired) electrons. The maximum absolute atomic E-state index is 10.9. The molecule has 0 saturated carbocycles. The summed E-state index contributed by atoms with van der Waals surface area (Å²) in [6.07, 6.45) is 11.6. The number of carbonyl (C=O) groups is 1. The zero-order chi connectivity index (χ0) is 13.2. The monoisotopic (exact) mass is 255 g/mol. The Morgan fingerprint density at radius 2 is 1.72 bits per heavy atom. The van der Waals surface area contributed by atoms with Crippen molar-refractivity contribution in [3.05, 3.63) is 0 Å². The highest BCUT2D eigenvalue weighted by Gasteiger charge is 2.26. The summed E-state index contributed by atoms with van der Waals surface area (Å²) in [7, 11) is 0. The zero-order valence-corrected chi connectivity index (χ0v) is 11.7. The van der Waals surface area contributed by atoms with Gasteiger partial charge in [-0.2, -0.15) is 0 Å². The quantitative estimate of drug-likeness (QED) is 0.398. The predicted molar refractivity (Wildman–Crippen MR) is 70.1 cm³/mol. The van der Waals surface area contributed by atoms with Crippen LogP contribution in [-0.4, -0.2) is 18.7 Å². The number of ether oxygens (including phenoxy) is 1. The predicted octanol–water partition coefficient (Wildman–Crippen LogP) is 2.67. The van der Waals surface area contributed by atoms with Gasteiger partial charge >= 0.3 is 0 Å². The van der Waals surface area contributed by atoms with Gasteiger partial charge in [0, 0.05) is 11.9 Å². The van der Waals surface area contributed by atoms with Gasteiger partial charge in [-0.15, -0.1) is 0 Å². The number of hydrogen-bond acceptors (Lipinski definition) is 3. The van der Waals surface area contributed by atoms with Crippen molar-refractivity contribution in [3.8, 4) is 0 Å². The van der Waals surface area contributed by atoms with Gasteiger partial charge < -0.3 is 14.6 Å². The number of unbranched alkanes of at least 4 members (excludes halogenated alkanes) is 7. The molecular formula is C15H27O3-. The molecule has 2 atom stereocenters. The van der Waals surface area contributed by atoms with Crippen molar-refractivity contribution in [2.45, 2.75) is 77.2 Å². The van der Waals surface area contributed by atoms with E-state index in [0.717, 1.165) is 25.9 Å². The third-order valence-corrected chi connectivity index (χ3v) is 3.69. The molecule has 18 heavy (non-hydrogen) atoms. The van der Waals surface area contributed by atoms with E-state index in [1.165, 1.54) is 38.5 Å². The Hall–Kier alpha value is -0.570.